The predicted molar refractivity (Wildman–Crippen MR) is 71.2 cm³/mol. The van der Waals surface area contributed by atoms with Gasteiger partial charge in [0.05, 0.1) is 5.60 Å². The molecule has 1 aliphatic heterocycles. The molecule has 100 valence electrons. The summed E-state index contributed by atoms with van der Waals surface area (Å²) in [6, 6.07) is 4.83. The summed E-state index contributed by atoms with van der Waals surface area (Å²) in [5.41, 5.74) is 7.46. The molecular weight excluding hydrogens is 231 g/mol. The van der Waals surface area contributed by atoms with Gasteiger partial charge in [0.15, 0.2) is 0 Å². The first-order valence-electron chi connectivity index (χ1n) is 6.36. The molecule has 0 saturated carbocycles. The van der Waals surface area contributed by atoms with E-state index >= 15 is 0 Å². The van der Waals surface area contributed by atoms with Crippen LogP contribution in [0, 0.1) is 5.82 Å². The monoisotopic (exact) mass is 252 g/mol. The molecule has 0 bridgehead atoms. The van der Waals surface area contributed by atoms with Crippen LogP contribution < -0.4 is 10.6 Å². The van der Waals surface area contributed by atoms with Crippen LogP contribution in [-0.4, -0.2) is 25.8 Å². The van der Waals surface area contributed by atoms with Crippen LogP contribution in [0.2, 0.25) is 0 Å². The van der Waals surface area contributed by atoms with Crippen molar-refractivity contribution in [2.75, 3.05) is 25.1 Å². The van der Waals surface area contributed by atoms with E-state index in [1.54, 1.807) is 7.11 Å². The molecule has 0 radical (unpaired) electrons. The Kier molecular flexibility index (Phi) is 3.88. The van der Waals surface area contributed by atoms with E-state index in [9.17, 15) is 4.39 Å². The summed E-state index contributed by atoms with van der Waals surface area (Å²) in [6.45, 7) is 4.26. The lowest BCUT2D eigenvalue weighted by Crippen LogP contribution is -2.47. The Hall–Kier alpha value is -1.13. The maximum Gasteiger partial charge on any atom is 0.123 e. The second-order valence-corrected chi connectivity index (χ2v) is 5.16. The smallest absolute Gasteiger partial charge is 0.123 e. The van der Waals surface area contributed by atoms with Crippen molar-refractivity contribution in [3.8, 4) is 0 Å². The molecule has 1 unspecified atom stereocenters. The zero-order chi connectivity index (χ0) is 13.2. The van der Waals surface area contributed by atoms with E-state index in [1.807, 2.05) is 6.07 Å². The second kappa shape index (κ2) is 5.24. The van der Waals surface area contributed by atoms with E-state index in [1.165, 1.54) is 12.1 Å². The van der Waals surface area contributed by atoms with E-state index in [2.05, 4.69) is 11.8 Å². The van der Waals surface area contributed by atoms with Crippen molar-refractivity contribution in [1.29, 1.82) is 0 Å². The lowest BCUT2D eigenvalue weighted by molar-refractivity contribution is -0.00468. The number of rotatable bonds is 3. The number of nitrogens with two attached hydrogens (primary N) is 1. The summed E-state index contributed by atoms with van der Waals surface area (Å²) in [4.78, 5) is 2.24. The van der Waals surface area contributed by atoms with Crippen molar-refractivity contribution < 1.29 is 9.13 Å². The van der Waals surface area contributed by atoms with E-state index in [4.69, 9.17) is 10.5 Å². The third-order valence-corrected chi connectivity index (χ3v) is 3.75. The highest BCUT2D eigenvalue weighted by Gasteiger charge is 2.31. The van der Waals surface area contributed by atoms with Gasteiger partial charge in [-0.25, -0.2) is 4.39 Å². The Morgan fingerprint density at radius 1 is 1.50 bits per heavy atom. The number of halogens is 1. The third-order valence-electron chi connectivity index (χ3n) is 3.75. The molecule has 0 amide bonds. The van der Waals surface area contributed by atoms with E-state index < -0.39 is 0 Å². The fourth-order valence-electron chi connectivity index (χ4n) is 2.60. The van der Waals surface area contributed by atoms with Crippen molar-refractivity contribution in [2.24, 2.45) is 5.73 Å². The molecule has 1 aliphatic rings. The number of ether oxygens (including phenoxy) is 1. The molecule has 2 rings (SSSR count). The Morgan fingerprint density at radius 3 is 2.94 bits per heavy atom. The zero-order valence-electron chi connectivity index (χ0n) is 11.1. The quantitative estimate of drug-likeness (QED) is 0.897. The molecule has 1 fully saturated rings. The number of methoxy groups -OCH3 is 1. The first-order valence-corrected chi connectivity index (χ1v) is 6.36. The molecule has 1 atom stereocenters. The topological polar surface area (TPSA) is 38.5 Å². The fraction of sp³-hybridized carbons (Fsp3) is 0.571. The van der Waals surface area contributed by atoms with Gasteiger partial charge in [-0.05, 0) is 43.5 Å². The van der Waals surface area contributed by atoms with Crippen LogP contribution in [0.3, 0.4) is 0 Å². The third kappa shape index (κ3) is 2.65. The first-order chi connectivity index (χ1) is 8.58. The fourth-order valence-corrected chi connectivity index (χ4v) is 2.60. The number of benzene rings is 1. The van der Waals surface area contributed by atoms with Crippen LogP contribution in [0.4, 0.5) is 10.1 Å². The minimum absolute atomic E-state index is 0.126. The normalized spacial score (nSPS) is 24.3. The van der Waals surface area contributed by atoms with E-state index in [-0.39, 0.29) is 11.4 Å². The molecule has 1 heterocycles. The maximum atomic E-state index is 13.2. The van der Waals surface area contributed by atoms with Gasteiger partial charge in [0.2, 0.25) is 0 Å². The molecule has 0 spiro atoms. The van der Waals surface area contributed by atoms with E-state index in [0.717, 1.165) is 37.2 Å². The van der Waals surface area contributed by atoms with Crippen LogP contribution in [-0.2, 0) is 11.3 Å². The SMILES string of the molecule is COC1(C)CCCN(c2ccc(F)cc2CN)C1. The largest absolute Gasteiger partial charge is 0.377 e. The van der Waals surface area contributed by atoms with Crippen LogP contribution >= 0.6 is 0 Å². The van der Waals surface area contributed by atoms with Crippen molar-refractivity contribution in [2.45, 2.75) is 31.9 Å². The molecule has 4 heteroatoms. The Bertz CT molecular complexity index is 424. The van der Waals surface area contributed by atoms with Crippen LogP contribution in [0.5, 0.6) is 0 Å². The summed E-state index contributed by atoms with van der Waals surface area (Å²) in [5.74, 6) is -0.231. The lowest BCUT2D eigenvalue weighted by atomic mass is 9.94. The molecule has 0 aliphatic carbocycles. The Labute approximate surface area is 108 Å². The summed E-state index contributed by atoms with van der Waals surface area (Å²) in [6.07, 6.45) is 2.13. The predicted octanol–water partition coefficient (Wildman–Crippen LogP) is 2.29. The lowest BCUT2D eigenvalue weighted by Gasteiger charge is -2.41. The first kappa shape index (κ1) is 13.3. The van der Waals surface area contributed by atoms with Crippen molar-refractivity contribution in [3.05, 3.63) is 29.6 Å². The minimum atomic E-state index is -0.231. The molecule has 18 heavy (non-hydrogen) atoms. The van der Waals surface area contributed by atoms with Crippen LogP contribution in [0.15, 0.2) is 18.2 Å². The van der Waals surface area contributed by atoms with Crippen molar-refractivity contribution >= 4 is 5.69 Å². The van der Waals surface area contributed by atoms with Gasteiger partial charge in [-0.3, -0.25) is 0 Å². The van der Waals surface area contributed by atoms with Gasteiger partial charge in [0, 0.05) is 32.4 Å². The summed E-state index contributed by atoms with van der Waals surface area (Å²) in [5, 5.41) is 0. The van der Waals surface area contributed by atoms with Crippen molar-refractivity contribution in [3.63, 3.8) is 0 Å². The van der Waals surface area contributed by atoms with Gasteiger partial charge in [-0.15, -0.1) is 0 Å². The van der Waals surface area contributed by atoms with Crippen molar-refractivity contribution in [1.82, 2.24) is 0 Å². The molecule has 1 aromatic carbocycles. The highest BCUT2D eigenvalue weighted by molar-refractivity contribution is 5.54. The van der Waals surface area contributed by atoms with Crippen LogP contribution in [0.1, 0.15) is 25.3 Å². The standard InChI is InChI=1S/C14H21FN2O/c1-14(18-2)6-3-7-17(10-14)13-5-4-12(15)8-11(13)9-16/h4-5,8H,3,6-7,9-10,16H2,1-2H3. The second-order valence-electron chi connectivity index (χ2n) is 5.16. The minimum Gasteiger partial charge on any atom is -0.377 e. The summed E-state index contributed by atoms with van der Waals surface area (Å²) >= 11 is 0. The molecule has 3 nitrogen and oxygen atoms in total. The molecule has 0 aromatic heterocycles. The molecule has 2 N–H and O–H groups in total. The zero-order valence-corrected chi connectivity index (χ0v) is 11.1. The summed E-state index contributed by atoms with van der Waals surface area (Å²) in [7, 11) is 1.75. The number of piperidine rings is 1. The Morgan fingerprint density at radius 2 is 2.28 bits per heavy atom. The molecular formula is C14H21FN2O. The van der Waals surface area contributed by atoms with Gasteiger partial charge < -0.3 is 15.4 Å². The van der Waals surface area contributed by atoms with Gasteiger partial charge >= 0.3 is 0 Å². The Balaban J connectivity index is 2.25. The maximum absolute atomic E-state index is 13.2. The number of hydrogen-bond donors (Lipinski definition) is 1. The van der Waals surface area contributed by atoms with Gasteiger partial charge in [0.25, 0.3) is 0 Å². The van der Waals surface area contributed by atoms with Gasteiger partial charge in [0.1, 0.15) is 5.82 Å². The average molecular weight is 252 g/mol. The highest BCUT2D eigenvalue weighted by Crippen LogP contribution is 2.30. The van der Waals surface area contributed by atoms with Gasteiger partial charge in [-0.1, -0.05) is 0 Å². The highest BCUT2D eigenvalue weighted by atomic mass is 19.1. The van der Waals surface area contributed by atoms with E-state index in [0.29, 0.717) is 6.54 Å². The number of anilines is 1. The number of nitrogens with zero attached hydrogens (tertiary/aromatic N) is 1. The molecule has 1 aromatic rings. The summed E-state index contributed by atoms with van der Waals surface area (Å²) < 4.78 is 18.8. The number of hydrogen-bond acceptors (Lipinski definition) is 3. The molecule has 1 saturated heterocycles. The van der Waals surface area contributed by atoms with Crippen LogP contribution in [0.25, 0.3) is 0 Å². The van der Waals surface area contributed by atoms with Gasteiger partial charge in [-0.2, -0.15) is 0 Å². The average Bonchev–Trinajstić information content (AvgIpc) is 2.38.